The minimum absolute atomic E-state index is 0.393. The smallest absolute Gasteiger partial charge is 0.407 e. The molecule has 1 heterocycles. The van der Waals surface area contributed by atoms with E-state index >= 15 is 0 Å². The van der Waals surface area contributed by atoms with Crippen molar-refractivity contribution in [3.05, 3.63) is 47.8 Å². The Hall–Kier alpha value is -2.50. The number of carbonyl (C=O) groups is 1. The van der Waals surface area contributed by atoms with Gasteiger partial charge in [0.05, 0.1) is 6.20 Å². The van der Waals surface area contributed by atoms with Crippen LogP contribution in [-0.2, 0) is 17.9 Å². The maximum Gasteiger partial charge on any atom is 0.407 e. The first-order chi connectivity index (χ1) is 11.8. The summed E-state index contributed by atoms with van der Waals surface area (Å²) in [5.74, 6) is 0.781. The summed E-state index contributed by atoms with van der Waals surface area (Å²) >= 11 is 0. The van der Waals surface area contributed by atoms with Crippen molar-refractivity contribution < 1.29 is 14.3 Å². The van der Waals surface area contributed by atoms with Crippen molar-refractivity contribution in [1.29, 1.82) is 0 Å². The first-order valence-electron chi connectivity index (χ1n) is 8.51. The molecule has 136 valence electrons. The number of nitrogens with one attached hydrogen (secondary N) is 1. The number of aryl methyl sites for hydroxylation is 2. The van der Waals surface area contributed by atoms with Crippen LogP contribution in [0.4, 0.5) is 4.79 Å². The van der Waals surface area contributed by atoms with Gasteiger partial charge < -0.3 is 14.8 Å². The lowest BCUT2D eigenvalue weighted by Crippen LogP contribution is -2.33. The van der Waals surface area contributed by atoms with Crippen LogP contribution in [0, 0.1) is 6.92 Å². The molecule has 1 aromatic carbocycles. The van der Waals surface area contributed by atoms with Crippen molar-refractivity contribution in [2.24, 2.45) is 0 Å². The average Bonchev–Trinajstić information content (AvgIpc) is 2.89. The standard InChI is InChI=1S/C19H27N3O3/c1-15-17(24-14-16-9-6-5-7-10-16)13-22(21-15)12-8-11-20-18(23)25-19(2,3)4/h5-7,9-10,13H,8,11-12,14H2,1-4H3,(H,20,23). The van der Waals surface area contributed by atoms with Crippen LogP contribution in [0.3, 0.4) is 0 Å². The molecular formula is C19H27N3O3. The molecule has 6 heteroatoms. The van der Waals surface area contributed by atoms with Crippen molar-refractivity contribution in [3.63, 3.8) is 0 Å². The second-order valence-electron chi connectivity index (χ2n) is 6.90. The number of ether oxygens (including phenoxy) is 2. The number of hydrogen-bond acceptors (Lipinski definition) is 4. The Morgan fingerprint density at radius 1 is 1.24 bits per heavy atom. The third-order valence-electron chi connectivity index (χ3n) is 3.37. The summed E-state index contributed by atoms with van der Waals surface area (Å²) in [6.45, 7) is 9.21. The fourth-order valence-electron chi connectivity index (χ4n) is 2.24. The third-order valence-corrected chi connectivity index (χ3v) is 3.37. The molecule has 0 saturated carbocycles. The van der Waals surface area contributed by atoms with Gasteiger partial charge in [-0.1, -0.05) is 30.3 Å². The van der Waals surface area contributed by atoms with Gasteiger partial charge in [-0.3, -0.25) is 4.68 Å². The average molecular weight is 345 g/mol. The van der Waals surface area contributed by atoms with E-state index in [-0.39, 0.29) is 0 Å². The van der Waals surface area contributed by atoms with E-state index in [1.807, 2.05) is 68.9 Å². The third kappa shape index (κ3) is 6.87. The van der Waals surface area contributed by atoms with E-state index in [9.17, 15) is 4.79 Å². The zero-order chi connectivity index (χ0) is 18.3. The van der Waals surface area contributed by atoms with Crippen LogP contribution >= 0.6 is 0 Å². The van der Waals surface area contributed by atoms with Crippen molar-refractivity contribution in [2.75, 3.05) is 6.54 Å². The SMILES string of the molecule is Cc1nn(CCCNC(=O)OC(C)(C)C)cc1OCc1ccccc1. The zero-order valence-corrected chi connectivity index (χ0v) is 15.4. The van der Waals surface area contributed by atoms with Gasteiger partial charge in [0.1, 0.15) is 17.9 Å². The fraction of sp³-hybridized carbons (Fsp3) is 0.474. The summed E-state index contributed by atoms with van der Waals surface area (Å²) in [6, 6.07) is 10.0. The predicted molar refractivity (Wildman–Crippen MR) is 96.6 cm³/mol. The van der Waals surface area contributed by atoms with Gasteiger partial charge in [-0.2, -0.15) is 5.10 Å². The molecule has 1 amide bonds. The number of rotatable bonds is 7. The van der Waals surface area contributed by atoms with Gasteiger partial charge in [0.15, 0.2) is 5.75 Å². The highest BCUT2D eigenvalue weighted by Crippen LogP contribution is 2.17. The Morgan fingerprint density at radius 2 is 1.96 bits per heavy atom. The number of nitrogens with zero attached hydrogens (tertiary/aromatic N) is 2. The number of benzene rings is 1. The van der Waals surface area contributed by atoms with Gasteiger partial charge in [0.25, 0.3) is 0 Å². The Labute approximate surface area is 149 Å². The van der Waals surface area contributed by atoms with E-state index in [1.54, 1.807) is 0 Å². The molecule has 0 aliphatic carbocycles. The molecule has 0 aliphatic heterocycles. The molecule has 0 aliphatic rings. The van der Waals surface area contributed by atoms with Gasteiger partial charge in [-0.25, -0.2) is 4.79 Å². The fourth-order valence-corrected chi connectivity index (χ4v) is 2.24. The van der Waals surface area contributed by atoms with Crippen molar-refractivity contribution in [1.82, 2.24) is 15.1 Å². The highest BCUT2D eigenvalue weighted by atomic mass is 16.6. The summed E-state index contributed by atoms with van der Waals surface area (Å²) in [7, 11) is 0. The highest BCUT2D eigenvalue weighted by Gasteiger charge is 2.15. The molecular weight excluding hydrogens is 318 g/mol. The van der Waals surface area contributed by atoms with Crippen LogP contribution in [0.25, 0.3) is 0 Å². The number of aromatic nitrogens is 2. The molecule has 1 aromatic heterocycles. The second kappa shape index (κ2) is 8.55. The maximum atomic E-state index is 11.6. The van der Waals surface area contributed by atoms with Crippen LogP contribution in [-0.4, -0.2) is 28.0 Å². The molecule has 25 heavy (non-hydrogen) atoms. The number of amides is 1. The number of carbonyl (C=O) groups excluding carboxylic acids is 1. The van der Waals surface area contributed by atoms with E-state index in [0.29, 0.717) is 19.7 Å². The normalized spacial score (nSPS) is 11.2. The van der Waals surface area contributed by atoms with E-state index in [0.717, 1.165) is 23.4 Å². The van der Waals surface area contributed by atoms with E-state index in [1.165, 1.54) is 0 Å². The number of alkyl carbamates (subject to hydrolysis) is 1. The van der Waals surface area contributed by atoms with E-state index in [2.05, 4.69) is 10.4 Å². The molecule has 6 nitrogen and oxygen atoms in total. The molecule has 0 bridgehead atoms. The summed E-state index contributed by atoms with van der Waals surface area (Å²) in [6.07, 6.45) is 2.26. The van der Waals surface area contributed by atoms with Crippen molar-refractivity contribution in [3.8, 4) is 5.75 Å². The van der Waals surface area contributed by atoms with Crippen LogP contribution in [0.5, 0.6) is 5.75 Å². The molecule has 2 rings (SSSR count). The van der Waals surface area contributed by atoms with Gasteiger partial charge in [-0.05, 0) is 39.7 Å². The van der Waals surface area contributed by atoms with Crippen LogP contribution in [0.2, 0.25) is 0 Å². The monoisotopic (exact) mass is 345 g/mol. The molecule has 0 unspecified atom stereocenters. The largest absolute Gasteiger partial charge is 0.485 e. The molecule has 2 aromatic rings. The lowest BCUT2D eigenvalue weighted by Gasteiger charge is -2.19. The Balaban J connectivity index is 1.73. The zero-order valence-electron chi connectivity index (χ0n) is 15.4. The summed E-state index contributed by atoms with van der Waals surface area (Å²) in [4.78, 5) is 11.6. The van der Waals surface area contributed by atoms with Gasteiger partial charge in [-0.15, -0.1) is 0 Å². The highest BCUT2D eigenvalue weighted by molar-refractivity contribution is 5.67. The van der Waals surface area contributed by atoms with Gasteiger partial charge in [0.2, 0.25) is 0 Å². The number of hydrogen-bond donors (Lipinski definition) is 1. The molecule has 0 atom stereocenters. The first kappa shape index (κ1) is 18.8. The summed E-state index contributed by atoms with van der Waals surface area (Å²) in [5.41, 5.74) is 1.50. The quantitative estimate of drug-likeness (QED) is 0.777. The van der Waals surface area contributed by atoms with Crippen LogP contribution in [0.15, 0.2) is 36.5 Å². The molecule has 0 spiro atoms. The van der Waals surface area contributed by atoms with Gasteiger partial charge in [0, 0.05) is 13.1 Å². The van der Waals surface area contributed by atoms with E-state index < -0.39 is 11.7 Å². The maximum absolute atomic E-state index is 11.6. The lowest BCUT2D eigenvalue weighted by molar-refractivity contribution is 0.0526. The topological polar surface area (TPSA) is 65.4 Å². The summed E-state index contributed by atoms with van der Waals surface area (Å²) in [5, 5.41) is 7.19. The first-order valence-corrected chi connectivity index (χ1v) is 8.51. The second-order valence-corrected chi connectivity index (χ2v) is 6.90. The minimum atomic E-state index is -0.478. The Bertz CT molecular complexity index is 675. The molecule has 0 fully saturated rings. The van der Waals surface area contributed by atoms with Crippen LogP contribution < -0.4 is 10.1 Å². The molecule has 1 N–H and O–H groups in total. The van der Waals surface area contributed by atoms with Crippen molar-refractivity contribution in [2.45, 2.75) is 52.9 Å². The lowest BCUT2D eigenvalue weighted by atomic mass is 10.2. The predicted octanol–water partition coefficient (Wildman–Crippen LogP) is 3.69. The molecule has 0 saturated heterocycles. The Morgan fingerprint density at radius 3 is 2.64 bits per heavy atom. The van der Waals surface area contributed by atoms with Gasteiger partial charge >= 0.3 is 6.09 Å². The Kier molecular flexibility index (Phi) is 6.44. The van der Waals surface area contributed by atoms with Crippen LogP contribution in [0.1, 0.15) is 38.4 Å². The minimum Gasteiger partial charge on any atom is -0.485 e. The van der Waals surface area contributed by atoms with E-state index in [4.69, 9.17) is 9.47 Å². The van der Waals surface area contributed by atoms with Crippen molar-refractivity contribution >= 4 is 6.09 Å². The molecule has 0 radical (unpaired) electrons. The summed E-state index contributed by atoms with van der Waals surface area (Å²) < 4.78 is 12.9.